The number of aliphatic hydroxyl groups is 4. The molecule has 0 aromatic heterocycles. The van der Waals surface area contributed by atoms with Gasteiger partial charge in [-0.05, 0) is 31.3 Å². The van der Waals surface area contributed by atoms with Crippen LogP contribution in [0, 0.1) is 0 Å². The van der Waals surface area contributed by atoms with E-state index in [0.29, 0.717) is 12.8 Å². The molecule has 1 heterocycles. The van der Waals surface area contributed by atoms with Crippen molar-refractivity contribution in [3.05, 3.63) is 0 Å². The molecule has 160 valence electrons. The number of nitrogens with zero attached hydrogens (tertiary/aromatic N) is 1. The Morgan fingerprint density at radius 2 is 1.78 bits per heavy atom. The normalized spacial score (nSPS) is 29.7. The van der Waals surface area contributed by atoms with E-state index in [2.05, 4.69) is 9.44 Å². The molecule has 1 aliphatic heterocycles. The fourth-order valence-corrected chi connectivity index (χ4v) is 4.22. The number of hydrogen-bond acceptors (Lipinski definition) is 11. The van der Waals surface area contributed by atoms with E-state index in [1.165, 1.54) is 0 Å². The van der Waals surface area contributed by atoms with Gasteiger partial charge >= 0.3 is 10.4 Å². The average Bonchev–Trinajstić information content (AvgIpc) is 2.61. The van der Waals surface area contributed by atoms with Gasteiger partial charge in [-0.15, -0.1) is 0 Å². The number of thioether (sulfide) groups is 2. The maximum absolute atomic E-state index is 10.8. The highest BCUT2D eigenvalue weighted by atomic mass is 32.3. The zero-order chi connectivity index (χ0) is 20.4. The Kier molecular flexibility index (Phi) is 11.5. The van der Waals surface area contributed by atoms with Crippen molar-refractivity contribution in [1.29, 1.82) is 0 Å². The van der Waals surface area contributed by atoms with Gasteiger partial charge in [0, 0.05) is 0 Å². The van der Waals surface area contributed by atoms with Crippen molar-refractivity contribution < 1.29 is 42.4 Å². The van der Waals surface area contributed by atoms with E-state index < -0.39 is 46.9 Å². The maximum Gasteiger partial charge on any atom is 0.466 e. The van der Waals surface area contributed by atoms with Crippen LogP contribution < -0.4 is 0 Å². The predicted molar refractivity (Wildman–Crippen MR) is 103 cm³/mol. The first kappa shape index (κ1) is 24.9. The summed E-state index contributed by atoms with van der Waals surface area (Å²) in [5.41, 5.74) is -1.11. The zero-order valence-corrected chi connectivity index (χ0v) is 17.3. The molecule has 1 rings (SSSR count). The highest BCUT2D eigenvalue weighted by Crippen LogP contribution is 2.30. The van der Waals surface area contributed by atoms with Crippen LogP contribution in [0.1, 0.15) is 32.1 Å². The first-order valence-electron chi connectivity index (χ1n) is 8.38. The summed E-state index contributed by atoms with van der Waals surface area (Å²) in [5.74, 6) is 1.05. The molecule has 0 aliphatic carbocycles. The van der Waals surface area contributed by atoms with E-state index in [1.54, 1.807) is 11.8 Å². The van der Waals surface area contributed by atoms with Gasteiger partial charge in [-0.3, -0.25) is 4.55 Å². The van der Waals surface area contributed by atoms with Gasteiger partial charge in [-0.1, -0.05) is 29.8 Å². The van der Waals surface area contributed by atoms with Gasteiger partial charge in [0.2, 0.25) is 0 Å². The van der Waals surface area contributed by atoms with Crippen molar-refractivity contribution in [2.45, 2.75) is 62.0 Å². The SMILES string of the molecule is CSCCCCCC/C(=N\OS(=O)(=O)O)S[C@@H]1O[C@H](CO)[C@@H](O)[C@H](O)[C@H]1O. The van der Waals surface area contributed by atoms with Crippen LogP contribution in [0.3, 0.4) is 0 Å². The van der Waals surface area contributed by atoms with Gasteiger partial charge in [-0.25, -0.2) is 4.28 Å². The second-order valence-corrected chi connectivity index (χ2v) is 9.12. The summed E-state index contributed by atoms with van der Waals surface area (Å²) >= 11 is 2.55. The lowest BCUT2D eigenvalue weighted by atomic mass is 10.0. The summed E-state index contributed by atoms with van der Waals surface area (Å²) < 4.78 is 39.6. The predicted octanol–water partition coefficient (Wildman–Crippen LogP) is -0.0341. The van der Waals surface area contributed by atoms with Crippen molar-refractivity contribution in [3.8, 4) is 0 Å². The molecule has 5 atom stereocenters. The van der Waals surface area contributed by atoms with Gasteiger partial charge < -0.3 is 25.2 Å². The maximum atomic E-state index is 10.8. The Bertz CT molecular complexity index is 558. The topological polar surface area (TPSA) is 166 Å². The van der Waals surface area contributed by atoms with E-state index in [4.69, 9.17) is 9.29 Å². The Labute approximate surface area is 167 Å². The first-order chi connectivity index (χ1) is 12.7. The third-order valence-corrected chi connectivity index (χ3v) is 5.96. The van der Waals surface area contributed by atoms with E-state index >= 15 is 0 Å². The average molecular weight is 450 g/mol. The summed E-state index contributed by atoms with van der Waals surface area (Å²) in [4.78, 5) is 0. The van der Waals surface area contributed by atoms with E-state index in [1.807, 2.05) is 6.26 Å². The van der Waals surface area contributed by atoms with Gasteiger partial charge in [0.1, 0.15) is 34.9 Å². The fraction of sp³-hybridized carbons (Fsp3) is 0.929. The number of rotatable bonds is 11. The molecule has 0 aromatic carbocycles. The molecular formula is C14H27NO9S3. The molecule has 0 bridgehead atoms. The van der Waals surface area contributed by atoms with Crippen molar-refractivity contribution in [1.82, 2.24) is 0 Å². The molecule has 13 heteroatoms. The summed E-state index contributed by atoms with van der Waals surface area (Å²) in [6, 6.07) is 0. The number of hydrogen-bond donors (Lipinski definition) is 5. The summed E-state index contributed by atoms with van der Waals surface area (Å²) in [5, 5.41) is 42.4. The molecule has 0 radical (unpaired) electrons. The number of unbranched alkanes of at least 4 members (excludes halogenated alkanes) is 3. The summed E-state index contributed by atoms with van der Waals surface area (Å²) in [7, 11) is -4.79. The van der Waals surface area contributed by atoms with Gasteiger partial charge in [0.25, 0.3) is 0 Å². The monoisotopic (exact) mass is 449 g/mol. The molecule has 5 N–H and O–H groups in total. The second-order valence-electron chi connectivity index (χ2n) is 5.96. The molecule has 27 heavy (non-hydrogen) atoms. The smallest absolute Gasteiger partial charge is 0.394 e. The highest BCUT2D eigenvalue weighted by molar-refractivity contribution is 8.14. The highest BCUT2D eigenvalue weighted by Gasteiger charge is 2.44. The van der Waals surface area contributed by atoms with Crippen LogP contribution >= 0.6 is 23.5 Å². The molecule has 1 aliphatic rings. The zero-order valence-electron chi connectivity index (χ0n) is 14.9. The molecule has 0 unspecified atom stereocenters. The van der Waals surface area contributed by atoms with E-state index in [-0.39, 0.29) is 5.04 Å². The largest absolute Gasteiger partial charge is 0.466 e. The van der Waals surface area contributed by atoms with Crippen LogP contribution in [0.15, 0.2) is 5.16 Å². The van der Waals surface area contributed by atoms with Gasteiger partial charge in [0.15, 0.2) is 0 Å². The van der Waals surface area contributed by atoms with Crippen LogP contribution in [-0.2, 0) is 19.4 Å². The van der Waals surface area contributed by atoms with Crippen LogP contribution in [-0.4, -0.2) is 86.9 Å². The van der Waals surface area contributed by atoms with Crippen LogP contribution in [0.5, 0.6) is 0 Å². The third-order valence-electron chi connectivity index (χ3n) is 3.82. The molecule has 0 amide bonds. The quantitative estimate of drug-likeness (QED) is 0.0944. The lowest BCUT2D eigenvalue weighted by Crippen LogP contribution is -2.57. The minimum atomic E-state index is -4.79. The first-order valence-corrected chi connectivity index (χ1v) is 12.0. The van der Waals surface area contributed by atoms with Crippen LogP contribution in [0.2, 0.25) is 0 Å². The summed E-state index contributed by atoms with van der Waals surface area (Å²) in [6.07, 6.45) is 0.251. The number of aliphatic hydroxyl groups excluding tert-OH is 4. The summed E-state index contributed by atoms with van der Waals surface area (Å²) in [6.45, 7) is -0.578. The molecule has 0 aromatic rings. The van der Waals surface area contributed by atoms with Gasteiger partial charge in [-0.2, -0.15) is 20.2 Å². The third kappa shape index (κ3) is 9.28. The van der Waals surface area contributed by atoms with Crippen molar-refractivity contribution in [2.24, 2.45) is 5.16 Å². The van der Waals surface area contributed by atoms with Crippen LogP contribution in [0.25, 0.3) is 0 Å². The molecule has 0 saturated carbocycles. The molecule has 1 fully saturated rings. The standard InChI is InChI=1S/C14H27NO9S3/c1-25-7-5-3-2-4-6-10(15-24-27(20,21)22)26-14-13(19)12(18)11(17)9(8-16)23-14/h9,11-14,16-19H,2-8H2,1H3,(H,20,21,22)/b15-10+/t9-,11-,12+,13-,14+/m1/s1. The molecule has 1 saturated heterocycles. The Balaban J connectivity index is 2.71. The molecule has 0 spiro atoms. The van der Waals surface area contributed by atoms with Crippen molar-refractivity contribution in [3.63, 3.8) is 0 Å². The van der Waals surface area contributed by atoms with Crippen molar-refractivity contribution >= 4 is 39.0 Å². The lowest BCUT2D eigenvalue weighted by molar-refractivity contribution is -0.205. The number of ether oxygens (including phenoxy) is 1. The number of oxime groups is 1. The minimum absolute atomic E-state index is 0.127. The van der Waals surface area contributed by atoms with E-state index in [0.717, 1.165) is 36.8 Å². The lowest BCUT2D eigenvalue weighted by Gasteiger charge is -2.39. The Morgan fingerprint density at radius 3 is 2.37 bits per heavy atom. The minimum Gasteiger partial charge on any atom is -0.394 e. The second kappa shape index (κ2) is 12.4. The van der Waals surface area contributed by atoms with E-state index in [9.17, 15) is 28.8 Å². The Morgan fingerprint density at radius 1 is 1.11 bits per heavy atom. The Hall–Kier alpha value is -0.120. The molecule has 10 nitrogen and oxygen atoms in total. The van der Waals surface area contributed by atoms with Crippen LogP contribution in [0.4, 0.5) is 0 Å². The van der Waals surface area contributed by atoms with Gasteiger partial charge in [0.05, 0.1) is 6.61 Å². The fourth-order valence-electron chi connectivity index (χ4n) is 2.39. The molecular weight excluding hydrogens is 422 g/mol. The van der Waals surface area contributed by atoms with Crippen molar-refractivity contribution in [2.75, 3.05) is 18.6 Å².